The van der Waals surface area contributed by atoms with Gasteiger partial charge in [-0.25, -0.2) is 4.39 Å². The van der Waals surface area contributed by atoms with Gasteiger partial charge >= 0.3 is 0 Å². The molecule has 1 aromatic carbocycles. The van der Waals surface area contributed by atoms with Gasteiger partial charge < -0.3 is 0 Å². The molecule has 0 bridgehead atoms. The second-order valence-corrected chi connectivity index (χ2v) is 4.75. The third-order valence-electron chi connectivity index (χ3n) is 3.14. The minimum atomic E-state index is -0.282. The zero-order chi connectivity index (χ0) is 12.3. The van der Waals surface area contributed by atoms with Crippen molar-refractivity contribution in [2.24, 2.45) is 0 Å². The van der Waals surface area contributed by atoms with E-state index in [4.69, 9.17) is 16.9 Å². The topological polar surface area (TPSA) is 27.0 Å². The van der Waals surface area contributed by atoms with Crippen LogP contribution >= 0.6 is 11.6 Å². The van der Waals surface area contributed by atoms with Crippen LogP contribution < -0.4 is 0 Å². The largest absolute Gasteiger partial charge is 0.284 e. The normalized spacial score (nSPS) is 21.1. The molecule has 0 N–H and O–H groups in total. The lowest BCUT2D eigenvalue weighted by Gasteiger charge is -2.31. The van der Waals surface area contributed by atoms with Crippen molar-refractivity contribution in [1.82, 2.24) is 4.90 Å². The summed E-state index contributed by atoms with van der Waals surface area (Å²) < 4.78 is 13.1. The second-order valence-electron chi connectivity index (χ2n) is 4.35. The average Bonchev–Trinajstić information content (AvgIpc) is 2.34. The van der Waals surface area contributed by atoms with Crippen LogP contribution in [0.15, 0.2) is 18.2 Å². The van der Waals surface area contributed by atoms with Gasteiger partial charge in [-0.15, -0.1) is 0 Å². The van der Waals surface area contributed by atoms with Gasteiger partial charge in [0.25, 0.3) is 0 Å². The number of hydrogen-bond donors (Lipinski definition) is 0. The molecule has 1 heterocycles. The lowest BCUT2D eigenvalue weighted by Crippen LogP contribution is -2.37. The number of hydrogen-bond acceptors (Lipinski definition) is 2. The van der Waals surface area contributed by atoms with Gasteiger partial charge in [0.15, 0.2) is 0 Å². The monoisotopic (exact) mass is 252 g/mol. The van der Waals surface area contributed by atoms with E-state index in [-0.39, 0.29) is 11.9 Å². The van der Waals surface area contributed by atoms with Gasteiger partial charge in [0.05, 0.1) is 12.1 Å². The first-order chi connectivity index (χ1) is 8.20. The Labute approximate surface area is 106 Å². The molecule has 0 aliphatic carbocycles. The third-order valence-corrected chi connectivity index (χ3v) is 3.51. The highest BCUT2D eigenvalue weighted by Gasteiger charge is 2.22. The van der Waals surface area contributed by atoms with E-state index in [0.29, 0.717) is 11.6 Å². The summed E-state index contributed by atoms with van der Waals surface area (Å²) in [6.45, 7) is 1.43. The molecular weight excluding hydrogens is 239 g/mol. The molecule has 0 aromatic heterocycles. The fourth-order valence-corrected chi connectivity index (χ4v) is 2.39. The van der Waals surface area contributed by atoms with Crippen LogP contribution in [-0.2, 0) is 6.54 Å². The molecule has 0 amide bonds. The zero-order valence-electron chi connectivity index (χ0n) is 9.50. The SMILES string of the molecule is N#CC1CCCCN1Cc1cc(F)ccc1Cl. The summed E-state index contributed by atoms with van der Waals surface area (Å²) in [6, 6.07) is 6.60. The number of benzene rings is 1. The number of likely N-dealkylation sites (tertiary alicyclic amines) is 1. The number of rotatable bonds is 2. The highest BCUT2D eigenvalue weighted by atomic mass is 35.5. The molecule has 1 fully saturated rings. The van der Waals surface area contributed by atoms with Crippen LogP contribution in [0.5, 0.6) is 0 Å². The molecule has 0 saturated carbocycles. The fourth-order valence-electron chi connectivity index (χ4n) is 2.21. The summed E-state index contributed by atoms with van der Waals surface area (Å²) in [5, 5.41) is 9.63. The van der Waals surface area contributed by atoms with Crippen molar-refractivity contribution in [3.8, 4) is 6.07 Å². The smallest absolute Gasteiger partial charge is 0.123 e. The Morgan fingerprint density at radius 2 is 2.29 bits per heavy atom. The van der Waals surface area contributed by atoms with E-state index in [1.807, 2.05) is 0 Å². The van der Waals surface area contributed by atoms with Crippen molar-refractivity contribution in [2.45, 2.75) is 31.8 Å². The van der Waals surface area contributed by atoms with E-state index >= 15 is 0 Å². The van der Waals surface area contributed by atoms with E-state index in [1.165, 1.54) is 12.1 Å². The summed E-state index contributed by atoms with van der Waals surface area (Å²) in [5.41, 5.74) is 0.758. The van der Waals surface area contributed by atoms with E-state index in [0.717, 1.165) is 31.4 Å². The minimum absolute atomic E-state index is 0.0666. The maximum Gasteiger partial charge on any atom is 0.123 e. The Hall–Kier alpha value is -1.11. The first kappa shape index (κ1) is 12.3. The van der Waals surface area contributed by atoms with Gasteiger partial charge in [0.2, 0.25) is 0 Å². The first-order valence-corrected chi connectivity index (χ1v) is 6.16. The highest BCUT2D eigenvalue weighted by Crippen LogP contribution is 2.23. The molecule has 1 aliphatic rings. The Morgan fingerprint density at radius 3 is 3.06 bits per heavy atom. The summed E-state index contributed by atoms with van der Waals surface area (Å²) >= 11 is 6.03. The maximum absolute atomic E-state index is 13.1. The molecule has 1 aliphatic heterocycles. The molecular formula is C13H14ClFN2. The fraction of sp³-hybridized carbons (Fsp3) is 0.462. The van der Waals surface area contributed by atoms with Crippen molar-refractivity contribution < 1.29 is 4.39 Å². The second kappa shape index (κ2) is 5.48. The summed E-state index contributed by atoms with van der Waals surface area (Å²) in [7, 11) is 0. The predicted molar refractivity (Wildman–Crippen MR) is 65.1 cm³/mol. The van der Waals surface area contributed by atoms with Crippen LogP contribution in [0.1, 0.15) is 24.8 Å². The van der Waals surface area contributed by atoms with Crippen LogP contribution in [0.2, 0.25) is 5.02 Å². The molecule has 2 rings (SSSR count). The quantitative estimate of drug-likeness (QED) is 0.807. The Balaban J connectivity index is 2.14. The molecule has 17 heavy (non-hydrogen) atoms. The zero-order valence-corrected chi connectivity index (χ0v) is 10.3. The molecule has 1 unspecified atom stereocenters. The Morgan fingerprint density at radius 1 is 1.47 bits per heavy atom. The third kappa shape index (κ3) is 2.96. The Kier molecular flexibility index (Phi) is 3.98. The van der Waals surface area contributed by atoms with Gasteiger partial charge in [-0.3, -0.25) is 4.90 Å². The van der Waals surface area contributed by atoms with Gasteiger partial charge in [0, 0.05) is 11.6 Å². The minimum Gasteiger partial charge on any atom is -0.284 e. The highest BCUT2D eigenvalue weighted by molar-refractivity contribution is 6.31. The number of piperidine rings is 1. The summed E-state index contributed by atoms with van der Waals surface area (Å²) in [5.74, 6) is -0.282. The van der Waals surface area contributed by atoms with Crippen LogP contribution in [0.4, 0.5) is 4.39 Å². The predicted octanol–water partition coefficient (Wildman–Crippen LogP) is 3.36. The molecule has 1 saturated heterocycles. The molecule has 2 nitrogen and oxygen atoms in total. The maximum atomic E-state index is 13.1. The average molecular weight is 253 g/mol. The van der Waals surface area contributed by atoms with E-state index in [9.17, 15) is 4.39 Å². The van der Waals surface area contributed by atoms with Gasteiger partial charge in [-0.2, -0.15) is 5.26 Å². The number of nitriles is 1. The molecule has 90 valence electrons. The van der Waals surface area contributed by atoms with Crippen LogP contribution in [-0.4, -0.2) is 17.5 Å². The van der Waals surface area contributed by atoms with E-state index < -0.39 is 0 Å². The summed E-state index contributed by atoms with van der Waals surface area (Å²) in [4.78, 5) is 2.07. The molecule has 1 aromatic rings. The van der Waals surface area contributed by atoms with E-state index in [2.05, 4.69) is 11.0 Å². The van der Waals surface area contributed by atoms with Crippen molar-refractivity contribution in [3.05, 3.63) is 34.6 Å². The van der Waals surface area contributed by atoms with Crippen molar-refractivity contribution in [2.75, 3.05) is 6.54 Å². The molecule has 1 atom stereocenters. The van der Waals surface area contributed by atoms with Gasteiger partial charge in [-0.05, 0) is 49.6 Å². The van der Waals surface area contributed by atoms with Gasteiger partial charge in [0.1, 0.15) is 5.82 Å². The number of nitrogens with zero attached hydrogens (tertiary/aromatic N) is 2. The Bertz CT molecular complexity index is 442. The van der Waals surface area contributed by atoms with Crippen molar-refractivity contribution in [3.63, 3.8) is 0 Å². The van der Waals surface area contributed by atoms with Crippen LogP contribution in [0.25, 0.3) is 0 Å². The lowest BCUT2D eigenvalue weighted by atomic mass is 10.0. The van der Waals surface area contributed by atoms with Crippen LogP contribution in [0.3, 0.4) is 0 Å². The van der Waals surface area contributed by atoms with Crippen LogP contribution in [0, 0.1) is 17.1 Å². The van der Waals surface area contributed by atoms with Gasteiger partial charge in [-0.1, -0.05) is 11.6 Å². The summed E-state index contributed by atoms with van der Waals surface area (Å²) in [6.07, 6.45) is 3.07. The molecule has 4 heteroatoms. The standard InChI is InChI=1S/C13H14ClFN2/c14-13-5-4-11(15)7-10(13)9-17-6-2-1-3-12(17)8-16/h4-5,7,12H,1-3,6,9H2. The van der Waals surface area contributed by atoms with E-state index in [1.54, 1.807) is 6.07 Å². The number of halogens is 2. The van der Waals surface area contributed by atoms with Crippen molar-refractivity contribution >= 4 is 11.6 Å². The van der Waals surface area contributed by atoms with Crippen molar-refractivity contribution in [1.29, 1.82) is 5.26 Å². The molecule has 0 spiro atoms. The lowest BCUT2D eigenvalue weighted by molar-refractivity contribution is 0.176. The first-order valence-electron chi connectivity index (χ1n) is 5.78. The molecule has 0 radical (unpaired) electrons.